The van der Waals surface area contributed by atoms with Crippen LogP contribution in [0.25, 0.3) is 0 Å². The number of halogens is 1. The van der Waals surface area contributed by atoms with Gasteiger partial charge in [-0.1, -0.05) is 46.3 Å². The summed E-state index contributed by atoms with van der Waals surface area (Å²) in [4.78, 5) is 42.8. The molecular formula is C21H20BrN3O3. The molecule has 0 saturated carbocycles. The Balaban J connectivity index is 1.34. The molecule has 0 unspecified atom stereocenters. The second-order valence-corrected chi connectivity index (χ2v) is 7.94. The van der Waals surface area contributed by atoms with Crippen LogP contribution in [-0.4, -0.2) is 65.1 Å². The van der Waals surface area contributed by atoms with Gasteiger partial charge in [-0.25, -0.2) is 0 Å². The Kier molecular flexibility index (Phi) is 5.28. The molecule has 0 spiro atoms. The van der Waals surface area contributed by atoms with Crippen molar-refractivity contribution in [3.63, 3.8) is 0 Å². The van der Waals surface area contributed by atoms with Crippen LogP contribution in [0.4, 0.5) is 0 Å². The molecule has 2 aliphatic rings. The minimum absolute atomic E-state index is 0.187. The molecule has 0 aromatic heterocycles. The summed E-state index contributed by atoms with van der Waals surface area (Å²) in [5.41, 5.74) is 1.95. The Hall–Kier alpha value is -2.51. The zero-order chi connectivity index (χ0) is 19.7. The highest BCUT2D eigenvalue weighted by molar-refractivity contribution is 9.10. The molecule has 0 atom stereocenters. The molecule has 2 aromatic rings. The summed E-state index contributed by atoms with van der Waals surface area (Å²) in [6, 6.07) is 15.2. The number of amides is 3. The SMILES string of the molecule is O=C(CN1C(=O)c2ccc(Br)cc2C1=O)N1CCN(Cc2ccccc2)CC1. The maximum atomic E-state index is 12.7. The highest BCUT2D eigenvalue weighted by atomic mass is 79.9. The fourth-order valence-electron chi connectivity index (χ4n) is 3.64. The molecule has 1 saturated heterocycles. The van der Waals surface area contributed by atoms with E-state index in [0.29, 0.717) is 24.2 Å². The van der Waals surface area contributed by atoms with Gasteiger partial charge in [0.15, 0.2) is 0 Å². The van der Waals surface area contributed by atoms with Crippen LogP contribution in [-0.2, 0) is 11.3 Å². The molecule has 0 bridgehead atoms. The molecule has 6 nitrogen and oxygen atoms in total. The van der Waals surface area contributed by atoms with Crippen molar-refractivity contribution in [3.05, 3.63) is 69.7 Å². The smallest absolute Gasteiger partial charge is 0.262 e. The van der Waals surface area contributed by atoms with Crippen LogP contribution >= 0.6 is 15.9 Å². The van der Waals surface area contributed by atoms with Gasteiger partial charge < -0.3 is 4.90 Å². The maximum Gasteiger partial charge on any atom is 0.262 e. The normalized spacial score (nSPS) is 17.2. The lowest BCUT2D eigenvalue weighted by molar-refractivity contribution is -0.133. The Morgan fingerprint density at radius 1 is 0.893 bits per heavy atom. The van der Waals surface area contributed by atoms with Gasteiger partial charge in [-0.15, -0.1) is 0 Å². The van der Waals surface area contributed by atoms with Gasteiger partial charge >= 0.3 is 0 Å². The highest BCUT2D eigenvalue weighted by Crippen LogP contribution is 2.26. The van der Waals surface area contributed by atoms with Gasteiger partial charge in [0.1, 0.15) is 6.54 Å². The number of hydrogen-bond donors (Lipinski definition) is 0. The van der Waals surface area contributed by atoms with E-state index in [1.165, 1.54) is 5.56 Å². The van der Waals surface area contributed by atoms with Crippen LogP contribution in [0.1, 0.15) is 26.3 Å². The molecule has 144 valence electrons. The number of carbonyl (C=O) groups excluding carboxylic acids is 3. The van der Waals surface area contributed by atoms with Crippen molar-refractivity contribution >= 4 is 33.7 Å². The van der Waals surface area contributed by atoms with E-state index >= 15 is 0 Å². The van der Waals surface area contributed by atoms with Gasteiger partial charge in [0.2, 0.25) is 5.91 Å². The lowest BCUT2D eigenvalue weighted by atomic mass is 10.1. The third-order valence-electron chi connectivity index (χ3n) is 5.20. The van der Waals surface area contributed by atoms with Gasteiger partial charge in [-0.05, 0) is 23.8 Å². The number of benzene rings is 2. The predicted octanol–water partition coefficient (Wildman–Crippen LogP) is 2.39. The van der Waals surface area contributed by atoms with Crippen molar-refractivity contribution in [3.8, 4) is 0 Å². The molecule has 2 aliphatic heterocycles. The average molecular weight is 442 g/mol. The van der Waals surface area contributed by atoms with Gasteiger partial charge in [0.25, 0.3) is 11.8 Å². The fourth-order valence-corrected chi connectivity index (χ4v) is 4.00. The van der Waals surface area contributed by atoms with Crippen LogP contribution in [0.3, 0.4) is 0 Å². The zero-order valence-electron chi connectivity index (χ0n) is 15.3. The summed E-state index contributed by atoms with van der Waals surface area (Å²) in [6.07, 6.45) is 0. The monoisotopic (exact) mass is 441 g/mol. The quantitative estimate of drug-likeness (QED) is 0.683. The molecule has 3 amide bonds. The van der Waals surface area contributed by atoms with E-state index in [4.69, 9.17) is 0 Å². The third kappa shape index (κ3) is 3.72. The lowest BCUT2D eigenvalue weighted by Crippen LogP contribution is -2.51. The molecule has 2 aromatic carbocycles. The van der Waals surface area contributed by atoms with Crippen molar-refractivity contribution in [2.75, 3.05) is 32.7 Å². The van der Waals surface area contributed by atoms with E-state index in [9.17, 15) is 14.4 Å². The molecular weight excluding hydrogens is 422 g/mol. The molecule has 28 heavy (non-hydrogen) atoms. The maximum absolute atomic E-state index is 12.7. The van der Waals surface area contributed by atoms with Crippen molar-refractivity contribution in [2.45, 2.75) is 6.54 Å². The van der Waals surface area contributed by atoms with Crippen molar-refractivity contribution in [1.29, 1.82) is 0 Å². The minimum atomic E-state index is -0.405. The molecule has 0 radical (unpaired) electrons. The Labute approximate surface area is 171 Å². The van der Waals surface area contributed by atoms with Gasteiger partial charge in [-0.3, -0.25) is 24.2 Å². The van der Waals surface area contributed by atoms with E-state index in [-0.39, 0.29) is 12.5 Å². The van der Waals surface area contributed by atoms with E-state index in [1.54, 1.807) is 23.1 Å². The largest absolute Gasteiger partial charge is 0.339 e. The van der Waals surface area contributed by atoms with E-state index in [2.05, 4.69) is 33.0 Å². The van der Waals surface area contributed by atoms with Gasteiger partial charge in [-0.2, -0.15) is 0 Å². The van der Waals surface area contributed by atoms with Crippen LogP contribution in [0.15, 0.2) is 53.0 Å². The number of carbonyl (C=O) groups is 3. The first-order valence-electron chi connectivity index (χ1n) is 9.23. The number of hydrogen-bond acceptors (Lipinski definition) is 4. The number of rotatable bonds is 4. The van der Waals surface area contributed by atoms with Crippen molar-refractivity contribution in [2.24, 2.45) is 0 Å². The van der Waals surface area contributed by atoms with Gasteiger partial charge in [0, 0.05) is 37.2 Å². The van der Waals surface area contributed by atoms with Crippen molar-refractivity contribution < 1.29 is 14.4 Å². The van der Waals surface area contributed by atoms with E-state index in [0.717, 1.165) is 29.0 Å². The molecule has 0 N–H and O–H groups in total. The number of imide groups is 1. The number of nitrogens with zero attached hydrogens (tertiary/aromatic N) is 3. The zero-order valence-corrected chi connectivity index (χ0v) is 16.9. The second kappa shape index (κ2) is 7.85. The topological polar surface area (TPSA) is 60.9 Å². The first kappa shape index (κ1) is 18.8. The Morgan fingerprint density at radius 3 is 2.29 bits per heavy atom. The van der Waals surface area contributed by atoms with Crippen LogP contribution in [0.5, 0.6) is 0 Å². The minimum Gasteiger partial charge on any atom is -0.339 e. The van der Waals surface area contributed by atoms with E-state index < -0.39 is 11.8 Å². The predicted molar refractivity (Wildman–Crippen MR) is 108 cm³/mol. The Bertz CT molecular complexity index is 924. The molecule has 4 rings (SSSR count). The van der Waals surface area contributed by atoms with Crippen LogP contribution < -0.4 is 0 Å². The standard InChI is InChI=1S/C21H20BrN3O3/c22-16-6-7-17-18(12-16)21(28)25(20(17)27)14-19(26)24-10-8-23(9-11-24)13-15-4-2-1-3-5-15/h1-7,12H,8-11,13-14H2. The van der Waals surface area contributed by atoms with Crippen molar-refractivity contribution in [1.82, 2.24) is 14.7 Å². The summed E-state index contributed by atoms with van der Waals surface area (Å²) in [7, 11) is 0. The third-order valence-corrected chi connectivity index (χ3v) is 5.69. The molecule has 0 aliphatic carbocycles. The van der Waals surface area contributed by atoms with E-state index in [1.807, 2.05) is 18.2 Å². The summed E-state index contributed by atoms with van der Waals surface area (Å²) in [5, 5.41) is 0. The van der Waals surface area contributed by atoms with Crippen LogP contribution in [0.2, 0.25) is 0 Å². The Morgan fingerprint density at radius 2 is 1.57 bits per heavy atom. The summed E-state index contributed by atoms with van der Waals surface area (Å²) < 4.78 is 0.732. The number of fused-ring (bicyclic) bond motifs is 1. The first-order valence-corrected chi connectivity index (χ1v) is 10.0. The summed E-state index contributed by atoms with van der Waals surface area (Å²) in [5.74, 6) is -0.992. The van der Waals surface area contributed by atoms with Gasteiger partial charge in [0.05, 0.1) is 11.1 Å². The lowest BCUT2D eigenvalue weighted by Gasteiger charge is -2.35. The fraction of sp³-hybridized carbons (Fsp3) is 0.286. The summed E-state index contributed by atoms with van der Waals surface area (Å²) in [6.45, 7) is 3.39. The second-order valence-electron chi connectivity index (χ2n) is 7.03. The summed E-state index contributed by atoms with van der Waals surface area (Å²) >= 11 is 3.31. The van der Waals surface area contributed by atoms with Crippen LogP contribution in [0, 0.1) is 0 Å². The molecule has 7 heteroatoms. The molecule has 1 fully saturated rings. The highest BCUT2D eigenvalue weighted by Gasteiger charge is 2.37. The molecule has 2 heterocycles. The first-order chi connectivity index (χ1) is 13.5. The number of piperazine rings is 1. The average Bonchev–Trinajstić information content (AvgIpc) is 2.93.